The van der Waals surface area contributed by atoms with Gasteiger partial charge in [0.2, 0.25) is 10.0 Å². The Bertz CT molecular complexity index is 593. The number of rotatable bonds is 6. The second-order valence-electron chi connectivity index (χ2n) is 3.64. The molecule has 0 saturated heterocycles. The summed E-state index contributed by atoms with van der Waals surface area (Å²) in [6, 6.07) is 2.76. The normalized spacial score (nSPS) is 13.4. The van der Waals surface area contributed by atoms with Crippen molar-refractivity contribution in [2.45, 2.75) is 11.8 Å². The molecule has 0 spiro atoms. The second-order valence-corrected chi connectivity index (χ2v) is 8.47. The number of nitrogen functional groups attached to an aromatic ring is 1. The standard InChI is InChI=1S/C10H14BrClN2O3S2/c1-2-18(15)4-3-14-19(16,17)9-6-7(12)5-8(13)10(9)11/h5-6,14H,2-4,13H2,1H3. The quantitative estimate of drug-likeness (QED) is 0.725. The van der Waals surface area contributed by atoms with Crippen molar-refractivity contribution in [3.05, 3.63) is 21.6 Å². The number of anilines is 1. The highest BCUT2D eigenvalue weighted by Gasteiger charge is 2.19. The molecule has 0 radical (unpaired) electrons. The van der Waals surface area contributed by atoms with Crippen LogP contribution in [0.1, 0.15) is 6.92 Å². The van der Waals surface area contributed by atoms with Gasteiger partial charge in [-0.05, 0) is 28.1 Å². The molecule has 0 aliphatic heterocycles. The van der Waals surface area contributed by atoms with Gasteiger partial charge < -0.3 is 5.73 Å². The van der Waals surface area contributed by atoms with E-state index in [1.807, 2.05) is 0 Å². The van der Waals surface area contributed by atoms with Crippen LogP contribution in [-0.4, -0.2) is 30.7 Å². The fourth-order valence-electron chi connectivity index (χ4n) is 1.29. The maximum absolute atomic E-state index is 12.1. The molecule has 0 aromatic heterocycles. The highest BCUT2D eigenvalue weighted by molar-refractivity contribution is 9.10. The average molecular weight is 390 g/mol. The van der Waals surface area contributed by atoms with Crippen molar-refractivity contribution in [3.63, 3.8) is 0 Å². The van der Waals surface area contributed by atoms with Crippen molar-refractivity contribution < 1.29 is 12.6 Å². The van der Waals surface area contributed by atoms with E-state index in [4.69, 9.17) is 17.3 Å². The number of benzene rings is 1. The van der Waals surface area contributed by atoms with Gasteiger partial charge in [0.05, 0.1) is 9.37 Å². The van der Waals surface area contributed by atoms with E-state index in [-0.39, 0.29) is 32.4 Å². The molecular weight excluding hydrogens is 376 g/mol. The maximum Gasteiger partial charge on any atom is 0.241 e. The summed E-state index contributed by atoms with van der Waals surface area (Å²) in [4.78, 5) is -0.0280. The van der Waals surface area contributed by atoms with E-state index in [9.17, 15) is 12.6 Å². The zero-order valence-electron chi connectivity index (χ0n) is 10.2. The molecule has 0 aliphatic carbocycles. The van der Waals surface area contributed by atoms with Gasteiger partial charge in [-0.3, -0.25) is 4.21 Å². The zero-order valence-corrected chi connectivity index (χ0v) is 14.1. The first kappa shape index (κ1) is 16.9. The molecule has 0 aliphatic rings. The number of halogens is 2. The molecule has 5 nitrogen and oxygen atoms in total. The first-order valence-electron chi connectivity index (χ1n) is 5.37. The van der Waals surface area contributed by atoms with Gasteiger partial charge in [-0.2, -0.15) is 0 Å². The molecule has 9 heteroatoms. The smallest absolute Gasteiger partial charge is 0.241 e. The van der Waals surface area contributed by atoms with Crippen LogP contribution >= 0.6 is 27.5 Å². The molecule has 108 valence electrons. The van der Waals surface area contributed by atoms with Crippen LogP contribution in [0.5, 0.6) is 0 Å². The summed E-state index contributed by atoms with van der Waals surface area (Å²) in [5, 5.41) is 0.234. The predicted octanol–water partition coefficient (Wildman–Crippen LogP) is 1.73. The summed E-state index contributed by atoms with van der Waals surface area (Å²) in [5.41, 5.74) is 5.89. The van der Waals surface area contributed by atoms with Crippen molar-refractivity contribution in [1.29, 1.82) is 0 Å². The van der Waals surface area contributed by atoms with Crippen molar-refractivity contribution in [2.75, 3.05) is 23.8 Å². The molecule has 3 N–H and O–H groups in total. The number of hydrogen-bond acceptors (Lipinski definition) is 4. The monoisotopic (exact) mass is 388 g/mol. The van der Waals surface area contributed by atoms with Crippen LogP contribution in [0.4, 0.5) is 5.69 Å². The SMILES string of the molecule is CCS(=O)CCNS(=O)(=O)c1cc(Cl)cc(N)c1Br. The van der Waals surface area contributed by atoms with Gasteiger partial charge in [-0.1, -0.05) is 18.5 Å². The number of sulfonamides is 1. The summed E-state index contributed by atoms with van der Waals surface area (Å²) in [6.45, 7) is 1.88. The van der Waals surface area contributed by atoms with Crippen molar-refractivity contribution in [1.82, 2.24) is 4.72 Å². The third-order valence-corrected chi connectivity index (χ3v) is 6.42. The lowest BCUT2D eigenvalue weighted by atomic mass is 10.3. The van der Waals surface area contributed by atoms with Gasteiger partial charge in [0, 0.05) is 39.6 Å². The third kappa shape index (κ3) is 4.71. The lowest BCUT2D eigenvalue weighted by molar-refractivity contribution is 0.583. The lowest BCUT2D eigenvalue weighted by Crippen LogP contribution is -2.28. The summed E-state index contributed by atoms with van der Waals surface area (Å²) in [7, 11) is -4.76. The van der Waals surface area contributed by atoms with Crippen LogP contribution in [0.15, 0.2) is 21.5 Å². The Morgan fingerprint density at radius 2 is 2.11 bits per heavy atom. The van der Waals surface area contributed by atoms with E-state index in [0.717, 1.165) is 0 Å². The fourth-order valence-corrected chi connectivity index (χ4v) is 4.36. The van der Waals surface area contributed by atoms with Crippen molar-refractivity contribution >= 4 is 54.0 Å². The Balaban J connectivity index is 2.92. The summed E-state index contributed by atoms with van der Waals surface area (Å²) in [5.74, 6) is 0.763. The Morgan fingerprint density at radius 3 is 2.68 bits per heavy atom. The Kier molecular flexibility index (Phi) is 6.25. The number of nitrogens with one attached hydrogen (secondary N) is 1. The van der Waals surface area contributed by atoms with Gasteiger partial charge in [-0.15, -0.1) is 0 Å². The molecule has 0 saturated carbocycles. The maximum atomic E-state index is 12.1. The van der Waals surface area contributed by atoms with Crippen molar-refractivity contribution in [3.8, 4) is 0 Å². The lowest BCUT2D eigenvalue weighted by Gasteiger charge is -2.10. The van der Waals surface area contributed by atoms with Crippen LogP contribution in [0.2, 0.25) is 5.02 Å². The van der Waals surface area contributed by atoms with E-state index in [2.05, 4.69) is 20.7 Å². The molecule has 0 bridgehead atoms. The van der Waals surface area contributed by atoms with Gasteiger partial charge >= 0.3 is 0 Å². The highest BCUT2D eigenvalue weighted by atomic mass is 79.9. The molecule has 1 atom stereocenters. The molecule has 1 unspecified atom stereocenters. The van der Waals surface area contributed by atoms with Crippen LogP contribution in [0.25, 0.3) is 0 Å². The molecule has 0 heterocycles. The first-order valence-corrected chi connectivity index (χ1v) is 9.51. The number of nitrogens with two attached hydrogens (primary N) is 1. The van der Waals surface area contributed by atoms with Gasteiger partial charge in [0.15, 0.2) is 0 Å². The third-order valence-electron chi connectivity index (χ3n) is 2.27. The summed E-state index contributed by atoms with van der Waals surface area (Å²) < 4.78 is 38.0. The molecule has 1 rings (SSSR count). The Morgan fingerprint density at radius 1 is 1.47 bits per heavy atom. The molecule has 1 aromatic rings. The van der Waals surface area contributed by atoms with E-state index >= 15 is 0 Å². The van der Waals surface area contributed by atoms with E-state index in [1.54, 1.807) is 6.92 Å². The first-order chi connectivity index (χ1) is 8.77. The minimum Gasteiger partial charge on any atom is -0.398 e. The fraction of sp³-hybridized carbons (Fsp3) is 0.400. The topological polar surface area (TPSA) is 89.3 Å². The van der Waals surface area contributed by atoms with Crippen molar-refractivity contribution in [2.24, 2.45) is 0 Å². The van der Waals surface area contributed by atoms with Gasteiger partial charge in [0.25, 0.3) is 0 Å². The second kappa shape index (κ2) is 7.03. The van der Waals surface area contributed by atoms with E-state index < -0.39 is 20.8 Å². The zero-order chi connectivity index (χ0) is 14.6. The highest BCUT2D eigenvalue weighted by Crippen LogP contribution is 2.31. The summed E-state index contributed by atoms with van der Waals surface area (Å²) in [6.07, 6.45) is 0. The molecule has 0 fully saturated rings. The van der Waals surface area contributed by atoms with Crippen LogP contribution in [0, 0.1) is 0 Å². The largest absolute Gasteiger partial charge is 0.398 e. The minimum atomic E-state index is -3.74. The predicted molar refractivity (Wildman–Crippen MR) is 82.3 cm³/mol. The Labute approximate surface area is 128 Å². The Hall–Kier alpha value is -0.150. The molecular formula is C10H14BrClN2O3S2. The van der Waals surface area contributed by atoms with Gasteiger partial charge in [-0.25, -0.2) is 13.1 Å². The molecule has 19 heavy (non-hydrogen) atoms. The molecule has 0 amide bonds. The molecule has 1 aromatic carbocycles. The average Bonchev–Trinajstić information content (AvgIpc) is 2.33. The van der Waals surface area contributed by atoms with E-state index in [0.29, 0.717) is 5.75 Å². The van der Waals surface area contributed by atoms with Gasteiger partial charge in [0.1, 0.15) is 0 Å². The van der Waals surface area contributed by atoms with E-state index in [1.165, 1.54) is 12.1 Å². The van der Waals surface area contributed by atoms with Crippen LogP contribution < -0.4 is 10.5 Å². The summed E-state index contributed by atoms with van der Waals surface area (Å²) >= 11 is 8.92. The number of hydrogen-bond donors (Lipinski definition) is 2. The minimum absolute atomic E-state index is 0.0280. The van der Waals surface area contributed by atoms with Crippen LogP contribution in [-0.2, 0) is 20.8 Å². The van der Waals surface area contributed by atoms with Crippen LogP contribution in [0.3, 0.4) is 0 Å².